The summed E-state index contributed by atoms with van der Waals surface area (Å²) in [5, 5.41) is 8.87. The van der Waals surface area contributed by atoms with Crippen molar-refractivity contribution in [1.29, 1.82) is 0 Å². The SMILES string of the molecule is CCOC(=O)C1C(CCCCO)CC(=O)CC1(C)C(N)=O. The summed E-state index contributed by atoms with van der Waals surface area (Å²) in [5.41, 5.74) is 4.28. The number of primary amides is 1. The highest BCUT2D eigenvalue weighted by Gasteiger charge is 2.53. The first-order chi connectivity index (χ1) is 9.86. The predicted octanol–water partition coefficient (Wildman–Crippen LogP) is 0.799. The van der Waals surface area contributed by atoms with Gasteiger partial charge in [0.2, 0.25) is 5.91 Å². The molecule has 0 spiro atoms. The van der Waals surface area contributed by atoms with Crippen molar-refractivity contribution >= 4 is 17.7 Å². The van der Waals surface area contributed by atoms with E-state index in [-0.39, 0.29) is 37.8 Å². The predicted molar refractivity (Wildman–Crippen MR) is 76.1 cm³/mol. The molecule has 1 saturated carbocycles. The molecule has 0 saturated heterocycles. The van der Waals surface area contributed by atoms with Gasteiger partial charge in [-0.3, -0.25) is 14.4 Å². The van der Waals surface area contributed by atoms with Gasteiger partial charge in [-0.25, -0.2) is 0 Å². The van der Waals surface area contributed by atoms with E-state index >= 15 is 0 Å². The number of carbonyl (C=O) groups is 3. The van der Waals surface area contributed by atoms with Crippen LogP contribution in [-0.4, -0.2) is 36.0 Å². The fraction of sp³-hybridized carbons (Fsp3) is 0.800. The molecule has 3 N–H and O–H groups in total. The van der Waals surface area contributed by atoms with E-state index in [1.807, 2.05) is 0 Å². The van der Waals surface area contributed by atoms with Crippen LogP contribution in [0.3, 0.4) is 0 Å². The van der Waals surface area contributed by atoms with Gasteiger partial charge in [-0.1, -0.05) is 6.42 Å². The van der Waals surface area contributed by atoms with Gasteiger partial charge in [0.1, 0.15) is 5.78 Å². The Labute approximate surface area is 125 Å². The Hall–Kier alpha value is -1.43. The topological polar surface area (TPSA) is 107 Å². The summed E-state index contributed by atoms with van der Waals surface area (Å²) >= 11 is 0. The highest BCUT2D eigenvalue weighted by Crippen LogP contribution is 2.45. The van der Waals surface area contributed by atoms with Crippen LogP contribution >= 0.6 is 0 Å². The number of amides is 1. The van der Waals surface area contributed by atoms with E-state index in [1.165, 1.54) is 0 Å². The smallest absolute Gasteiger partial charge is 0.310 e. The van der Waals surface area contributed by atoms with E-state index in [0.29, 0.717) is 19.3 Å². The number of rotatable bonds is 7. The molecule has 0 aromatic heterocycles. The highest BCUT2D eigenvalue weighted by molar-refractivity contribution is 5.95. The number of nitrogens with two attached hydrogens (primary N) is 1. The number of carbonyl (C=O) groups excluding carboxylic acids is 3. The molecule has 6 heteroatoms. The molecule has 120 valence electrons. The van der Waals surface area contributed by atoms with Crippen molar-refractivity contribution in [1.82, 2.24) is 0 Å². The molecule has 0 radical (unpaired) electrons. The van der Waals surface area contributed by atoms with Crippen molar-refractivity contribution in [3.8, 4) is 0 Å². The molecule has 0 heterocycles. The van der Waals surface area contributed by atoms with E-state index in [0.717, 1.165) is 0 Å². The quantitative estimate of drug-likeness (QED) is 0.534. The number of hydrogen-bond acceptors (Lipinski definition) is 5. The summed E-state index contributed by atoms with van der Waals surface area (Å²) in [6.07, 6.45) is 2.14. The second-order valence-corrected chi connectivity index (χ2v) is 5.91. The number of ketones is 1. The molecule has 1 fully saturated rings. The second kappa shape index (κ2) is 7.54. The number of aliphatic hydroxyl groups is 1. The monoisotopic (exact) mass is 299 g/mol. The van der Waals surface area contributed by atoms with Crippen LogP contribution < -0.4 is 5.73 Å². The molecular formula is C15H25NO5. The Morgan fingerprint density at radius 1 is 1.43 bits per heavy atom. The molecule has 0 aromatic rings. The van der Waals surface area contributed by atoms with Gasteiger partial charge in [0.25, 0.3) is 0 Å². The van der Waals surface area contributed by atoms with E-state index in [1.54, 1.807) is 13.8 Å². The molecule has 1 aliphatic carbocycles. The van der Waals surface area contributed by atoms with E-state index < -0.39 is 23.2 Å². The molecule has 3 atom stereocenters. The van der Waals surface area contributed by atoms with Gasteiger partial charge in [-0.15, -0.1) is 0 Å². The van der Waals surface area contributed by atoms with Crippen LogP contribution in [0.15, 0.2) is 0 Å². The van der Waals surface area contributed by atoms with Crippen LogP contribution in [-0.2, 0) is 19.1 Å². The second-order valence-electron chi connectivity index (χ2n) is 5.91. The third kappa shape index (κ3) is 4.03. The first-order valence-electron chi connectivity index (χ1n) is 7.46. The van der Waals surface area contributed by atoms with Crippen molar-refractivity contribution in [2.75, 3.05) is 13.2 Å². The van der Waals surface area contributed by atoms with E-state index in [2.05, 4.69) is 0 Å². The van der Waals surface area contributed by atoms with E-state index in [9.17, 15) is 14.4 Å². The summed E-state index contributed by atoms with van der Waals surface area (Å²) in [4.78, 5) is 36.1. The summed E-state index contributed by atoms with van der Waals surface area (Å²) < 4.78 is 5.09. The Morgan fingerprint density at radius 3 is 2.62 bits per heavy atom. The molecule has 21 heavy (non-hydrogen) atoms. The molecule has 0 bridgehead atoms. The molecule has 1 aliphatic rings. The number of esters is 1. The lowest BCUT2D eigenvalue weighted by molar-refractivity contribution is -0.164. The maximum atomic E-state index is 12.3. The average molecular weight is 299 g/mol. The van der Waals surface area contributed by atoms with Gasteiger partial charge in [0.05, 0.1) is 17.9 Å². The van der Waals surface area contributed by atoms with Crippen molar-refractivity contribution < 1.29 is 24.2 Å². The maximum absolute atomic E-state index is 12.3. The third-order valence-corrected chi connectivity index (χ3v) is 4.30. The molecule has 1 amide bonds. The highest BCUT2D eigenvalue weighted by atomic mass is 16.5. The Morgan fingerprint density at radius 2 is 2.10 bits per heavy atom. The van der Waals surface area contributed by atoms with Crippen LogP contribution in [0.5, 0.6) is 0 Å². The normalized spacial score (nSPS) is 29.2. The lowest BCUT2D eigenvalue weighted by Crippen LogP contribution is -2.52. The molecular weight excluding hydrogens is 274 g/mol. The third-order valence-electron chi connectivity index (χ3n) is 4.30. The van der Waals surface area contributed by atoms with Crippen LogP contribution in [0.25, 0.3) is 0 Å². The van der Waals surface area contributed by atoms with Crippen LogP contribution in [0, 0.1) is 17.3 Å². The Balaban J connectivity index is 3.03. The number of ether oxygens (including phenoxy) is 1. The lowest BCUT2D eigenvalue weighted by Gasteiger charge is -2.41. The molecule has 1 rings (SSSR count). The van der Waals surface area contributed by atoms with Gasteiger partial charge in [-0.2, -0.15) is 0 Å². The first kappa shape index (κ1) is 17.6. The minimum Gasteiger partial charge on any atom is -0.466 e. The molecule has 0 aliphatic heterocycles. The summed E-state index contributed by atoms with van der Waals surface area (Å²) in [6, 6.07) is 0. The van der Waals surface area contributed by atoms with Crippen molar-refractivity contribution in [3.63, 3.8) is 0 Å². The maximum Gasteiger partial charge on any atom is 0.310 e. The Bertz CT molecular complexity index is 409. The van der Waals surface area contributed by atoms with Gasteiger partial charge >= 0.3 is 5.97 Å². The van der Waals surface area contributed by atoms with Crippen molar-refractivity contribution in [2.24, 2.45) is 23.0 Å². The molecule has 0 aromatic carbocycles. The van der Waals surface area contributed by atoms with E-state index in [4.69, 9.17) is 15.6 Å². The van der Waals surface area contributed by atoms with Gasteiger partial charge < -0.3 is 15.6 Å². The molecule has 3 unspecified atom stereocenters. The number of hydrogen-bond donors (Lipinski definition) is 2. The summed E-state index contributed by atoms with van der Waals surface area (Å²) in [5.74, 6) is -2.09. The largest absolute Gasteiger partial charge is 0.466 e. The van der Waals surface area contributed by atoms with Crippen LogP contribution in [0.4, 0.5) is 0 Å². The summed E-state index contributed by atoms with van der Waals surface area (Å²) in [7, 11) is 0. The van der Waals surface area contributed by atoms with Crippen LogP contribution in [0.1, 0.15) is 46.0 Å². The molecule has 6 nitrogen and oxygen atoms in total. The minimum atomic E-state index is -1.19. The van der Waals surface area contributed by atoms with Crippen molar-refractivity contribution in [2.45, 2.75) is 46.0 Å². The number of Topliss-reactive ketones (excluding diaryl/α,β-unsaturated/α-hetero) is 1. The standard InChI is InChI=1S/C15H25NO5/c1-3-21-13(19)12-10(6-4-5-7-17)8-11(18)9-15(12,2)14(16)20/h10,12,17H,3-9H2,1-2H3,(H2,16,20). The fourth-order valence-corrected chi connectivity index (χ4v) is 3.23. The van der Waals surface area contributed by atoms with Gasteiger partial charge in [0, 0.05) is 19.4 Å². The minimum absolute atomic E-state index is 0.0116. The van der Waals surface area contributed by atoms with Gasteiger partial charge in [0.15, 0.2) is 0 Å². The van der Waals surface area contributed by atoms with Crippen LogP contribution in [0.2, 0.25) is 0 Å². The first-order valence-corrected chi connectivity index (χ1v) is 7.46. The number of unbranched alkanes of at least 4 members (excludes halogenated alkanes) is 1. The number of aliphatic hydroxyl groups excluding tert-OH is 1. The Kier molecular flexibility index (Phi) is 6.33. The van der Waals surface area contributed by atoms with Gasteiger partial charge in [-0.05, 0) is 32.6 Å². The zero-order chi connectivity index (χ0) is 16.0. The zero-order valence-electron chi connectivity index (χ0n) is 12.8. The average Bonchev–Trinajstić information content (AvgIpc) is 2.38. The zero-order valence-corrected chi connectivity index (χ0v) is 12.8. The lowest BCUT2D eigenvalue weighted by atomic mass is 9.60. The summed E-state index contributed by atoms with van der Waals surface area (Å²) in [6.45, 7) is 3.57. The van der Waals surface area contributed by atoms with Crippen molar-refractivity contribution in [3.05, 3.63) is 0 Å². The fourth-order valence-electron chi connectivity index (χ4n) is 3.23.